The number of para-hydroxylation sites is 3. The van der Waals surface area contributed by atoms with Gasteiger partial charge in [-0.15, -0.1) is 0 Å². The molecule has 9 aromatic rings. The van der Waals surface area contributed by atoms with Crippen LogP contribution in [-0.2, 0) is 0 Å². The number of benzene rings is 9. The van der Waals surface area contributed by atoms with E-state index in [1.54, 1.807) is 0 Å². The van der Waals surface area contributed by atoms with E-state index >= 15 is 0 Å². The Morgan fingerprint density at radius 3 is 1.38 bits per heavy atom. The van der Waals surface area contributed by atoms with Gasteiger partial charge in [0.15, 0.2) is 0 Å². The van der Waals surface area contributed by atoms with Crippen LogP contribution >= 0.6 is 0 Å². The maximum atomic E-state index is 14.7. The standard InChI is InChI=1S/C52H40N2O2/c1-31(2)37-17-11-18-38(32(3)4)50(37)54-51(55)45-29-27-43-41-20-12-19-40-39(25-26-42(47(40)41)44-28-30-46(52(54)56)49(45)48(43)44)33-21-23-36(24-22-33)53(34-13-7-5-8-14-34)35-15-9-6-10-16-35/h5-32H,1-4H3. The lowest BCUT2D eigenvalue weighted by Crippen LogP contribution is -2.41. The molecule has 1 aliphatic rings. The predicted molar refractivity (Wildman–Crippen MR) is 234 cm³/mol. The highest BCUT2D eigenvalue weighted by Gasteiger charge is 2.38. The van der Waals surface area contributed by atoms with E-state index in [9.17, 15) is 9.59 Å². The van der Waals surface area contributed by atoms with Gasteiger partial charge < -0.3 is 4.90 Å². The average Bonchev–Trinajstić information content (AvgIpc) is 3.23. The summed E-state index contributed by atoms with van der Waals surface area (Å²) in [5.41, 5.74) is 9.45. The van der Waals surface area contributed by atoms with Gasteiger partial charge in [0.2, 0.25) is 0 Å². The van der Waals surface area contributed by atoms with Crippen molar-refractivity contribution in [1.82, 2.24) is 0 Å². The van der Waals surface area contributed by atoms with Crippen molar-refractivity contribution in [3.8, 4) is 11.1 Å². The van der Waals surface area contributed by atoms with E-state index in [1.807, 2.05) is 42.5 Å². The molecular weight excluding hydrogens is 685 g/mol. The highest BCUT2D eigenvalue weighted by atomic mass is 16.2. The summed E-state index contributed by atoms with van der Waals surface area (Å²) >= 11 is 0. The minimum Gasteiger partial charge on any atom is -0.311 e. The van der Waals surface area contributed by atoms with Crippen LogP contribution in [0.3, 0.4) is 0 Å². The molecule has 2 amide bonds. The van der Waals surface area contributed by atoms with Gasteiger partial charge in [-0.25, -0.2) is 4.90 Å². The third-order valence-corrected chi connectivity index (χ3v) is 11.7. The molecule has 0 saturated heterocycles. The monoisotopic (exact) mass is 724 g/mol. The van der Waals surface area contributed by atoms with Gasteiger partial charge in [0.05, 0.1) is 5.69 Å². The number of carbonyl (C=O) groups is 2. The molecule has 56 heavy (non-hydrogen) atoms. The van der Waals surface area contributed by atoms with E-state index in [2.05, 4.69) is 148 Å². The molecule has 0 bridgehead atoms. The fourth-order valence-corrected chi connectivity index (χ4v) is 9.11. The van der Waals surface area contributed by atoms with Crippen molar-refractivity contribution in [1.29, 1.82) is 0 Å². The van der Waals surface area contributed by atoms with Crippen LogP contribution in [-0.4, -0.2) is 11.8 Å². The van der Waals surface area contributed by atoms with Crippen LogP contribution in [0.2, 0.25) is 0 Å². The van der Waals surface area contributed by atoms with Gasteiger partial charge in [0, 0.05) is 33.6 Å². The zero-order valence-electron chi connectivity index (χ0n) is 31.9. The van der Waals surface area contributed by atoms with Crippen LogP contribution in [0.25, 0.3) is 54.2 Å². The summed E-state index contributed by atoms with van der Waals surface area (Å²) in [6, 6.07) is 54.9. The molecule has 0 aliphatic carbocycles. The summed E-state index contributed by atoms with van der Waals surface area (Å²) in [6.07, 6.45) is 0. The molecule has 270 valence electrons. The van der Waals surface area contributed by atoms with Crippen molar-refractivity contribution in [2.75, 3.05) is 9.80 Å². The zero-order valence-corrected chi connectivity index (χ0v) is 31.9. The lowest BCUT2D eigenvalue weighted by atomic mass is 9.83. The number of imide groups is 1. The smallest absolute Gasteiger partial charge is 0.266 e. The van der Waals surface area contributed by atoms with Crippen LogP contribution in [0.1, 0.15) is 71.4 Å². The quantitative estimate of drug-likeness (QED) is 0.0933. The molecule has 0 aromatic heterocycles. The first-order chi connectivity index (χ1) is 27.3. The molecule has 0 fully saturated rings. The predicted octanol–water partition coefficient (Wildman–Crippen LogP) is 13.9. The van der Waals surface area contributed by atoms with Gasteiger partial charge in [-0.3, -0.25) is 9.59 Å². The molecule has 0 N–H and O–H groups in total. The summed E-state index contributed by atoms with van der Waals surface area (Å²) < 4.78 is 0. The lowest BCUT2D eigenvalue weighted by Gasteiger charge is -2.32. The molecule has 0 spiro atoms. The Hall–Kier alpha value is -6.78. The minimum atomic E-state index is -0.262. The van der Waals surface area contributed by atoms with E-state index in [4.69, 9.17) is 0 Å². The molecule has 0 saturated carbocycles. The van der Waals surface area contributed by atoms with Crippen LogP contribution in [0.4, 0.5) is 22.7 Å². The first-order valence-corrected chi connectivity index (χ1v) is 19.5. The Morgan fingerprint density at radius 1 is 0.393 bits per heavy atom. The summed E-state index contributed by atoms with van der Waals surface area (Å²) in [5.74, 6) is -0.248. The fraction of sp³-hybridized carbons (Fsp3) is 0.115. The molecule has 0 unspecified atom stereocenters. The van der Waals surface area contributed by atoms with Gasteiger partial charge in [0.1, 0.15) is 0 Å². The van der Waals surface area contributed by atoms with E-state index < -0.39 is 0 Å². The fourth-order valence-electron chi connectivity index (χ4n) is 9.11. The maximum Gasteiger partial charge on any atom is 0.266 e. The van der Waals surface area contributed by atoms with Gasteiger partial charge in [-0.2, -0.15) is 0 Å². The van der Waals surface area contributed by atoms with E-state index in [1.165, 1.54) is 15.7 Å². The van der Waals surface area contributed by atoms with Gasteiger partial charge in [-0.05, 0) is 120 Å². The summed E-state index contributed by atoms with van der Waals surface area (Å²) in [6.45, 7) is 8.46. The van der Waals surface area contributed by atoms with Crippen LogP contribution < -0.4 is 9.80 Å². The number of amides is 2. The van der Waals surface area contributed by atoms with E-state index in [-0.39, 0.29) is 23.7 Å². The van der Waals surface area contributed by atoms with E-state index in [0.717, 1.165) is 77.3 Å². The van der Waals surface area contributed by atoms with Crippen molar-refractivity contribution < 1.29 is 9.59 Å². The molecule has 9 aromatic carbocycles. The number of nitrogens with zero attached hydrogens (tertiary/aromatic N) is 2. The second-order valence-electron chi connectivity index (χ2n) is 15.6. The Kier molecular flexibility index (Phi) is 7.79. The van der Waals surface area contributed by atoms with Crippen LogP contribution in [0.5, 0.6) is 0 Å². The highest BCUT2D eigenvalue weighted by molar-refractivity contribution is 6.42. The van der Waals surface area contributed by atoms with Crippen LogP contribution in [0, 0.1) is 0 Å². The highest BCUT2D eigenvalue weighted by Crippen LogP contribution is 2.47. The number of carbonyl (C=O) groups excluding carboxylic acids is 2. The molecule has 10 rings (SSSR count). The van der Waals surface area contributed by atoms with Crippen molar-refractivity contribution in [2.24, 2.45) is 0 Å². The van der Waals surface area contributed by atoms with Gasteiger partial charge >= 0.3 is 0 Å². The minimum absolute atomic E-state index is 0.138. The first kappa shape index (κ1) is 33.8. The largest absolute Gasteiger partial charge is 0.311 e. The molecule has 1 heterocycles. The third kappa shape index (κ3) is 4.99. The summed E-state index contributed by atoms with van der Waals surface area (Å²) in [4.78, 5) is 33.1. The zero-order chi connectivity index (χ0) is 38.2. The Labute approximate surface area is 326 Å². The molecule has 0 radical (unpaired) electrons. The summed E-state index contributed by atoms with van der Waals surface area (Å²) in [7, 11) is 0. The number of hydrogen-bond acceptors (Lipinski definition) is 3. The van der Waals surface area contributed by atoms with Gasteiger partial charge in [0.25, 0.3) is 11.8 Å². The lowest BCUT2D eigenvalue weighted by molar-refractivity contribution is 0.0893. The molecule has 4 heteroatoms. The normalized spacial score (nSPS) is 13.0. The maximum absolute atomic E-state index is 14.7. The molecular formula is C52H40N2O2. The topological polar surface area (TPSA) is 40.6 Å². The molecule has 0 atom stereocenters. The van der Waals surface area contributed by atoms with Gasteiger partial charge in [-0.1, -0.05) is 137 Å². The van der Waals surface area contributed by atoms with E-state index in [0.29, 0.717) is 11.1 Å². The summed E-state index contributed by atoms with van der Waals surface area (Å²) in [5, 5.41) is 8.40. The second kappa shape index (κ2) is 12.9. The number of anilines is 4. The molecule has 1 aliphatic heterocycles. The van der Waals surface area contributed by atoms with Crippen molar-refractivity contribution in [3.05, 3.63) is 180 Å². The average molecular weight is 725 g/mol. The SMILES string of the molecule is CC(C)c1cccc(C(C)C)c1N1C(=O)c2ccc3c4cccc5c(-c6ccc(N(c7ccccc7)c7ccccc7)cc6)ccc(c6ccc(c2c36)C1=O)c54. The van der Waals surface area contributed by atoms with Crippen molar-refractivity contribution in [3.63, 3.8) is 0 Å². The second-order valence-corrected chi connectivity index (χ2v) is 15.6. The Bertz CT molecular complexity index is 2870. The number of hydrogen-bond donors (Lipinski definition) is 0. The third-order valence-electron chi connectivity index (χ3n) is 11.7. The Balaban J connectivity index is 1.12. The first-order valence-electron chi connectivity index (χ1n) is 19.5. The molecule has 4 nitrogen and oxygen atoms in total. The van der Waals surface area contributed by atoms with Crippen molar-refractivity contribution >= 4 is 77.7 Å². The van der Waals surface area contributed by atoms with Crippen LogP contribution in [0.15, 0.2) is 158 Å². The number of rotatable bonds is 7. The Morgan fingerprint density at radius 2 is 0.839 bits per heavy atom. The van der Waals surface area contributed by atoms with Crippen molar-refractivity contribution in [2.45, 2.75) is 39.5 Å². The number of fused-ring (bicyclic) bond motifs is 2.